The van der Waals surface area contributed by atoms with Crippen molar-refractivity contribution in [3.05, 3.63) is 35.4 Å². The Balaban J connectivity index is 2.57. The molecule has 0 spiro atoms. The molecule has 0 saturated heterocycles. The van der Waals surface area contributed by atoms with Gasteiger partial charge in [-0.2, -0.15) is 0 Å². The first kappa shape index (κ1) is 15.9. The number of esters is 1. The molecule has 0 saturated carbocycles. The van der Waals surface area contributed by atoms with E-state index in [0.717, 1.165) is 24.4 Å². The van der Waals surface area contributed by atoms with Crippen molar-refractivity contribution in [2.24, 2.45) is 4.99 Å². The number of hydrogen-bond acceptors (Lipinski definition) is 5. The topological polar surface area (TPSA) is 76.0 Å². The predicted molar refractivity (Wildman–Crippen MR) is 81.8 cm³/mol. The molecule has 1 heterocycles. The number of benzene rings is 1. The molecule has 21 heavy (non-hydrogen) atoms. The zero-order valence-corrected chi connectivity index (χ0v) is 13.3. The third-order valence-electron chi connectivity index (χ3n) is 3.36. The van der Waals surface area contributed by atoms with Crippen LogP contribution in [0.4, 0.5) is 0 Å². The molecule has 1 N–H and O–H groups in total. The standard InChI is InChI=1S/C14H14ClNO4S/c1-8-6-4-5-7-10(8)14(15)16-9(2)13(21-14,11(17)18)12(19)20-3/h4-7H,1-3H3,(H,17,18). The van der Waals surface area contributed by atoms with Gasteiger partial charge in [-0.3, -0.25) is 4.99 Å². The zero-order chi connectivity index (χ0) is 15.8. The van der Waals surface area contributed by atoms with Gasteiger partial charge in [0.15, 0.2) is 0 Å². The summed E-state index contributed by atoms with van der Waals surface area (Å²) in [5.41, 5.74) is 1.63. The number of carbonyl (C=O) groups excluding carboxylic acids is 1. The maximum absolute atomic E-state index is 12.0. The van der Waals surface area contributed by atoms with Crippen LogP contribution < -0.4 is 0 Å². The fraction of sp³-hybridized carbons (Fsp3) is 0.357. The van der Waals surface area contributed by atoms with Crippen molar-refractivity contribution in [2.45, 2.75) is 22.9 Å². The van der Waals surface area contributed by atoms with Gasteiger partial charge in [-0.1, -0.05) is 47.6 Å². The number of alkyl halides is 1. The molecule has 0 fully saturated rings. The number of carbonyl (C=O) groups is 2. The van der Waals surface area contributed by atoms with E-state index < -0.39 is 21.0 Å². The van der Waals surface area contributed by atoms with Gasteiger partial charge in [-0.05, 0) is 19.4 Å². The van der Waals surface area contributed by atoms with E-state index in [1.165, 1.54) is 6.92 Å². The minimum absolute atomic E-state index is 0.116. The van der Waals surface area contributed by atoms with Crippen LogP contribution in [0.15, 0.2) is 29.3 Å². The highest BCUT2D eigenvalue weighted by Gasteiger charge is 2.61. The smallest absolute Gasteiger partial charge is 0.339 e. The third kappa shape index (κ3) is 2.32. The first-order valence-electron chi connectivity index (χ1n) is 6.12. The van der Waals surface area contributed by atoms with Crippen molar-refractivity contribution < 1.29 is 19.4 Å². The summed E-state index contributed by atoms with van der Waals surface area (Å²) in [4.78, 5) is 28.0. The lowest BCUT2D eigenvalue weighted by Gasteiger charge is -2.25. The van der Waals surface area contributed by atoms with Crippen molar-refractivity contribution in [3.8, 4) is 0 Å². The van der Waals surface area contributed by atoms with Crippen molar-refractivity contribution in [1.29, 1.82) is 0 Å². The molecule has 2 atom stereocenters. The largest absolute Gasteiger partial charge is 0.479 e. The Morgan fingerprint density at radius 3 is 2.48 bits per heavy atom. The zero-order valence-electron chi connectivity index (χ0n) is 11.7. The normalized spacial score (nSPS) is 28.1. The number of aryl methyl sites for hydroxylation is 1. The second kappa shape index (κ2) is 5.35. The van der Waals surface area contributed by atoms with Crippen molar-refractivity contribution in [2.75, 3.05) is 7.11 Å². The number of aliphatic imine (C=N–C) groups is 1. The highest BCUT2D eigenvalue weighted by molar-refractivity contribution is 8.05. The lowest BCUT2D eigenvalue weighted by atomic mass is 10.0. The van der Waals surface area contributed by atoms with Gasteiger partial charge in [-0.15, -0.1) is 0 Å². The first-order chi connectivity index (χ1) is 9.78. The number of carboxylic acids is 1. The van der Waals surface area contributed by atoms with E-state index in [4.69, 9.17) is 11.6 Å². The van der Waals surface area contributed by atoms with Gasteiger partial charge >= 0.3 is 11.9 Å². The highest BCUT2D eigenvalue weighted by Crippen LogP contribution is 2.55. The van der Waals surface area contributed by atoms with Gasteiger partial charge in [0.05, 0.1) is 12.8 Å². The SMILES string of the molecule is COC(=O)C1(C(=O)O)SC(Cl)(c2ccccc2C)N=C1C. The van der Waals surface area contributed by atoms with Gasteiger partial charge < -0.3 is 9.84 Å². The first-order valence-corrected chi connectivity index (χ1v) is 7.31. The molecule has 1 aliphatic heterocycles. The monoisotopic (exact) mass is 327 g/mol. The lowest BCUT2D eigenvalue weighted by Crippen LogP contribution is -2.48. The van der Waals surface area contributed by atoms with E-state index in [0.29, 0.717) is 5.56 Å². The Morgan fingerprint density at radius 2 is 1.95 bits per heavy atom. The van der Waals surface area contributed by atoms with Crippen LogP contribution in [0.2, 0.25) is 0 Å². The molecular formula is C14H14ClNO4S. The van der Waals surface area contributed by atoms with Gasteiger partial charge in [0, 0.05) is 5.56 Å². The van der Waals surface area contributed by atoms with Crippen LogP contribution in [-0.4, -0.2) is 34.6 Å². The van der Waals surface area contributed by atoms with E-state index in [-0.39, 0.29) is 5.71 Å². The van der Waals surface area contributed by atoms with E-state index in [1.807, 2.05) is 19.1 Å². The molecule has 0 aliphatic carbocycles. The second-order valence-corrected chi connectivity index (χ2v) is 6.83. The van der Waals surface area contributed by atoms with Gasteiger partial charge in [0.1, 0.15) is 0 Å². The Morgan fingerprint density at radius 1 is 1.33 bits per heavy atom. The molecule has 0 amide bonds. The predicted octanol–water partition coefficient (Wildman–Crippen LogP) is 2.55. The summed E-state index contributed by atoms with van der Waals surface area (Å²) < 4.78 is 1.37. The minimum Gasteiger partial charge on any atom is -0.479 e. The number of aliphatic carboxylic acids is 1. The Labute approximate surface area is 131 Å². The van der Waals surface area contributed by atoms with Crippen molar-refractivity contribution >= 4 is 41.0 Å². The summed E-state index contributed by atoms with van der Waals surface area (Å²) >= 11 is 7.29. The van der Waals surface area contributed by atoms with E-state index >= 15 is 0 Å². The minimum atomic E-state index is -1.92. The van der Waals surface area contributed by atoms with E-state index in [2.05, 4.69) is 9.73 Å². The summed E-state index contributed by atoms with van der Waals surface area (Å²) in [6.07, 6.45) is 0. The number of methoxy groups -OCH3 is 1. The Kier molecular flexibility index (Phi) is 4.04. The molecule has 0 bridgehead atoms. The molecule has 112 valence electrons. The van der Waals surface area contributed by atoms with Crippen molar-refractivity contribution in [3.63, 3.8) is 0 Å². The molecule has 5 nitrogen and oxygen atoms in total. The average molecular weight is 328 g/mol. The number of nitrogens with zero attached hydrogens (tertiary/aromatic N) is 1. The van der Waals surface area contributed by atoms with Gasteiger partial charge in [0.25, 0.3) is 4.75 Å². The summed E-state index contributed by atoms with van der Waals surface area (Å²) in [6.45, 7) is 3.32. The van der Waals surface area contributed by atoms with E-state index in [9.17, 15) is 14.7 Å². The number of hydrogen-bond donors (Lipinski definition) is 1. The molecule has 2 unspecified atom stereocenters. The molecular weight excluding hydrogens is 314 g/mol. The molecule has 0 radical (unpaired) electrons. The number of rotatable bonds is 3. The number of carboxylic acid groups (broad SMARTS) is 1. The Hall–Kier alpha value is -1.53. The van der Waals surface area contributed by atoms with Gasteiger partial charge in [0.2, 0.25) is 4.33 Å². The van der Waals surface area contributed by atoms with Crippen LogP contribution in [0, 0.1) is 6.92 Å². The van der Waals surface area contributed by atoms with Crippen LogP contribution in [-0.2, 0) is 18.7 Å². The number of ether oxygens (including phenoxy) is 1. The molecule has 1 aromatic rings. The van der Waals surface area contributed by atoms with Gasteiger partial charge in [-0.25, -0.2) is 9.59 Å². The van der Waals surface area contributed by atoms with Crippen LogP contribution in [0.3, 0.4) is 0 Å². The lowest BCUT2D eigenvalue weighted by molar-refractivity contribution is -0.150. The highest BCUT2D eigenvalue weighted by atomic mass is 35.5. The summed E-state index contributed by atoms with van der Waals surface area (Å²) in [5.74, 6) is -2.23. The number of thioether (sulfide) groups is 1. The third-order valence-corrected chi connectivity index (χ3v) is 5.40. The van der Waals surface area contributed by atoms with Crippen LogP contribution >= 0.6 is 23.4 Å². The maximum Gasteiger partial charge on any atom is 0.339 e. The van der Waals surface area contributed by atoms with Crippen LogP contribution in [0.25, 0.3) is 0 Å². The average Bonchev–Trinajstić information content (AvgIpc) is 2.71. The molecule has 7 heteroatoms. The fourth-order valence-corrected chi connectivity index (χ4v) is 4.31. The molecule has 2 rings (SSSR count). The van der Waals surface area contributed by atoms with E-state index in [1.54, 1.807) is 12.1 Å². The summed E-state index contributed by atoms with van der Waals surface area (Å²) in [5, 5.41) is 9.52. The molecule has 0 aromatic heterocycles. The number of halogens is 1. The summed E-state index contributed by atoms with van der Waals surface area (Å²) in [6, 6.07) is 7.25. The molecule has 1 aliphatic rings. The van der Waals surface area contributed by atoms with Crippen LogP contribution in [0.5, 0.6) is 0 Å². The second-order valence-electron chi connectivity index (χ2n) is 4.65. The summed E-state index contributed by atoms with van der Waals surface area (Å²) in [7, 11) is 1.14. The van der Waals surface area contributed by atoms with Crippen molar-refractivity contribution in [1.82, 2.24) is 0 Å². The quantitative estimate of drug-likeness (QED) is 0.399. The molecule has 1 aromatic carbocycles. The van der Waals surface area contributed by atoms with Crippen LogP contribution in [0.1, 0.15) is 18.1 Å². The fourth-order valence-electron chi connectivity index (χ4n) is 2.25. The maximum atomic E-state index is 12.0. The Bertz CT molecular complexity index is 648.